The molecule has 0 saturated carbocycles. The van der Waals surface area contributed by atoms with Crippen LogP contribution in [0.5, 0.6) is 0 Å². The SMILES string of the molecule is CCC(C)c1ccc(S(=O)(=O)N2CCN(C(=O)c3cc(F)cc([N+](=O)[O-])c3N)CC2)cc1. The molecule has 1 aliphatic heterocycles. The highest BCUT2D eigenvalue weighted by Gasteiger charge is 2.32. The molecule has 0 aliphatic carbocycles. The van der Waals surface area contributed by atoms with Crippen molar-refractivity contribution >= 4 is 27.3 Å². The quantitative estimate of drug-likeness (QED) is 0.398. The molecule has 2 aromatic rings. The number of hydrogen-bond donors (Lipinski definition) is 1. The summed E-state index contributed by atoms with van der Waals surface area (Å²) in [6.07, 6.45) is 0.946. The predicted molar refractivity (Wildman–Crippen MR) is 117 cm³/mol. The number of piperazine rings is 1. The van der Waals surface area contributed by atoms with Gasteiger partial charge in [-0.2, -0.15) is 4.31 Å². The molecule has 11 heteroatoms. The van der Waals surface area contributed by atoms with E-state index in [1.807, 2.05) is 0 Å². The molecular weight excluding hydrogens is 439 g/mol. The molecule has 1 amide bonds. The van der Waals surface area contributed by atoms with Crippen molar-refractivity contribution in [3.8, 4) is 0 Å². The minimum absolute atomic E-state index is 0.0402. The number of halogens is 1. The van der Waals surface area contributed by atoms with E-state index < -0.39 is 38.0 Å². The van der Waals surface area contributed by atoms with Crippen LogP contribution >= 0.6 is 0 Å². The van der Waals surface area contributed by atoms with E-state index in [0.29, 0.717) is 12.0 Å². The van der Waals surface area contributed by atoms with Gasteiger partial charge in [-0.1, -0.05) is 26.0 Å². The highest BCUT2D eigenvalue weighted by atomic mass is 32.2. The number of carbonyl (C=O) groups excluding carboxylic acids is 1. The number of rotatable bonds is 6. The molecule has 1 unspecified atom stereocenters. The Bertz CT molecular complexity index is 1130. The summed E-state index contributed by atoms with van der Waals surface area (Å²) in [7, 11) is -3.74. The maximum absolute atomic E-state index is 13.8. The molecule has 2 N–H and O–H groups in total. The Morgan fingerprint density at radius 1 is 1.19 bits per heavy atom. The van der Waals surface area contributed by atoms with Gasteiger partial charge >= 0.3 is 0 Å². The second-order valence-corrected chi connectivity index (χ2v) is 9.66. The first-order valence-electron chi connectivity index (χ1n) is 10.2. The van der Waals surface area contributed by atoms with Gasteiger partial charge in [0.2, 0.25) is 10.0 Å². The summed E-state index contributed by atoms with van der Waals surface area (Å²) >= 11 is 0. The van der Waals surface area contributed by atoms with Crippen LogP contribution in [0.3, 0.4) is 0 Å². The fourth-order valence-corrected chi connectivity index (χ4v) is 5.01. The second kappa shape index (κ2) is 9.21. The summed E-state index contributed by atoms with van der Waals surface area (Å²) in [6.45, 7) is 4.31. The first-order chi connectivity index (χ1) is 15.1. The van der Waals surface area contributed by atoms with Gasteiger partial charge in [0.1, 0.15) is 11.5 Å². The Kier molecular flexibility index (Phi) is 6.79. The van der Waals surface area contributed by atoms with E-state index in [1.165, 1.54) is 9.21 Å². The largest absolute Gasteiger partial charge is 0.393 e. The second-order valence-electron chi connectivity index (χ2n) is 7.72. The van der Waals surface area contributed by atoms with Crippen LogP contribution in [0.1, 0.15) is 42.1 Å². The number of nitrogens with zero attached hydrogens (tertiary/aromatic N) is 3. The number of nitro groups is 1. The molecule has 0 radical (unpaired) electrons. The monoisotopic (exact) mass is 464 g/mol. The topological polar surface area (TPSA) is 127 Å². The average molecular weight is 465 g/mol. The maximum atomic E-state index is 13.8. The Morgan fingerprint density at radius 2 is 1.78 bits per heavy atom. The molecule has 1 heterocycles. The van der Waals surface area contributed by atoms with Crippen molar-refractivity contribution in [2.24, 2.45) is 0 Å². The normalized spacial score (nSPS) is 16.0. The molecule has 1 fully saturated rings. The van der Waals surface area contributed by atoms with Crippen molar-refractivity contribution in [1.29, 1.82) is 0 Å². The van der Waals surface area contributed by atoms with Crippen LogP contribution in [-0.2, 0) is 10.0 Å². The summed E-state index contributed by atoms with van der Waals surface area (Å²) in [5.74, 6) is -1.30. The molecule has 1 aliphatic rings. The Morgan fingerprint density at radius 3 is 2.31 bits per heavy atom. The standard InChI is InChI=1S/C21H25FN4O5S/c1-3-14(2)15-4-6-17(7-5-15)32(30,31)25-10-8-24(9-11-25)21(27)18-12-16(22)13-19(20(18)23)26(28)29/h4-7,12-14H,3,8-11,23H2,1-2H3. The summed E-state index contributed by atoms with van der Waals surface area (Å²) in [4.78, 5) is 24.5. The number of anilines is 1. The van der Waals surface area contributed by atoms with Crippen LogP contribution in [0.4, 0.5) is 15.8 Å². The van der Waals surface area contributed by atoms with E-state index in [9.17, 15) is 27.7 Å². The van der Waals surface area contributed by atoms with E-state index in [2.05, 4.69) is 13.8 Å². The number of nitrogens with two attached hydrogens (primary N) is 1. The lowest BCUT2D eigenvalue weighted by molar-refractivity contribution is -0.384. The number of benzene rings is 2. The molecule has 0 aromatic heterocycles. The van der Waals surface area contributed by atoms with Gasteiger partial charge in [0.25, 0.3) is 11.6 Å². The Labute approximate surface area is 185 Å². The van der Waals surface area contributed by atoms with Crippen LogP contribution < -0.4 is 5.73 Å². The van der Waals surface area contributed by atoms with Crippen molar-refractivity contribution < 1.29 is 22.5 Å². The first kappa shape index (κ1) is 23.6. The maximum Gasteiger partial charge on any atom is 0.295 e. The number of hydrogen-bond acceptors (Lipinski definition) is 6. The number of nitrogen functional groups attached to an aromatic ring is 1. The molecule has 1 atom stereocenters. The summed E-state index contributed by atoms with van der Waals surface area (Å²) < 4.78 is 41.0. The van der Waals surface area contributed by atoms with Crippen molar-refractivity contribution in [2.75, 3.05) is 31.9 Å². The van der Waals surface area contributed by atoms with Gasteiger partial charge in [0.15, 0.2) is 0 Å². The van der Waals surface area contributed by atoms with E-state index in [0.717, 1.165) is 18.1 Å². The zero-order valence-electron chi connectivity index (χ0n) is 17.8. The van der Waals surface area contributed by atoms with Gasteiger partial charge in [-0.3, -0.25) is 14.9 Å². The third kappa shape index (κ3) is 4.58. The first-order valence-corrected chi connectivity index (χ1v) is 11.6. The Hall–Kier alpha value is -3.05. The van der Waals surface area contributed by atoms with Crippen LogP contribution in [0.2, 0.25) is 0 Å². The molecule has 172 valence electrons. The van der Waals surface area contributed by atoms with Crippen molar-refractivity contribution in [3.05, 3.63) is 63.5 Å². The lowest BCUT2D eigenvalue weighted by Crippen LogP contribution is -2.50. The summed E-state index contributed by atoms with van der Waals surface area (Å²) in [5.41, 5.74) is 5.36. The van der Waals surface area contributed by atoms with Gasteiger partial charge in [-0.15, -0.1) is 0 Å². The van der Waals surface area contributed by atoms with Crippen molar-refractivity contribution in [2.45, 2.75) is 31.1 Å². The average Bonchev–Trinajstić information content (AvgIpc) is 2.79. The molecule has 32 heavy (non-hydrogen) atoms. The highest BCUT2D eigenvalue weighted by molar-refractivity contribution is 7.89. The van der Waals surface area contributed by atoms with Gasteiger partial charge in [0, 0.05) is 26.2 Å². The molecule has 1 saturated heterocycles. The third-order valence-electron chi connectivity index (χ3n) is 5.78. The summed E-state index contributed by atoms with van der Waals surface area (Å²) in [6, 6.07) is 8.29. The van der Waals surface area contributed by atoms with E-state index in [4.69, 9.17) is 5.73 Å². The van der Waals surface area contributed by atoms with Crippen LogP contribution in [0.15, 0.2) is 41.3 Å². The fraction of sp³-hybridized carbons (Fsp3) is 0.381. The van der Waals surface area contributed by atoms with E-state index in [-0.39, 0.29) is 36.6 Å². The van der Waals surface area contributed by atoms with Crippen LogP contribution in [0, 0.1) is 15.9 Å². The highest BCUT2D eigenvalue weighted by Crippen LogP contribution is 2.28. The van der Waals surface area contributed by atoms with Crippen molar-refractivity contribution in [1.82, 2.24) is 9.21 Å². The smallest absolute Gasteiger partial charge is 0.295 e. The van der Waals surface area contributed by atoms with Gasteiger partial charge in [0.05, 0.1) is 21.4 Å². The van der Waals surface area contributed by atoms with E-state index in [1.54, 1.807) is 24.3 Å². The Balaban J connectivity index is 1.73. The minimum atomic E-state index is -3.74. The van der Waals surface area contributed by atoms with Gasteiger partial charge in [-0.25, -0.2) is 12.8 Å². The molecule has 3 rings (SSSR count). The zero-order valence-corrected chi connectivity index (χ0v) is 18.6. The molecular formula is C21H25FN4O5S. The summed E-state index contributed by atoms with van der Waals surface area (Å²) in [5, 5.41) is 11.0. The molecule has 2 aromatic carbocycles. The van der Waals surface area contributed by atoms with Gasteiger partial charge < -0.3 is 10.6 Å². The van der Waals surface area contributed by atoms with Crippen LogP contribution in [-0.4, -0.2) is 54.6 Å². The lowest BCUT2D eigenvalue weighted by atomic mass is 9.99. The molecule has 0 spiro atoms. The lowest BCUT2D eigenvalue weighted by Gasteiger charge is -2.34. The number of sulfonamides is 1. The zero-order chi connectivity index (χ0) is 23.6. The fourth-order valence-electron chi connectivity index (χ4n) is 3.59. The van der Waals surface area contributed by atoms with Crippen molar-refractivity contribution in [3.63, 3.8) is 0 Å². The molecule has 0 bridgehead atoms. The molecule has 9 nitrogen and oxygen atoms in total. The number of amides is 1. The van der Waals surface area contributed by atoms with E-state index >= 15 is 0 Å². The third-order valence-corrected chi connectivity index (χ3v) is 7.69. The van der Waals surface area contributed by atoms with Crippen LogP contribution in [0.25, 0.3) is 0 Å². The number of nitro benzene ring substituents is 1. The predicted octanol–water partition coefficient (Wildman–Crippen LogP) is 2.98. The number of carbonyl (C=O) groups is 1. The minimum Gasteiger partial charge on any atom is -0.393 e. The van der Waals surface area contributed by atoms with Gasteiger partial charge in [-0.05, 0) is 36.1 Å².